The second-order valence-corrected chi connectivity index (χ2v) is 6.69. The first kappa shape index (κ1) is 15.1. The fourth-order valence-corrected chi connectivity index (χ4v) is 2.03. The summed E-state index contributed by atoms with van der Waals surface area (Å²) in [6.07, 6.45) is 6.25. The van der Waals surface area contributed by atoms with Gasteiger partial charge in [-0.2, -0.15) is 0 Å². The minimum atomic E-state index is 0.198. The summed E-state index contributed by atoms with van der Waals surface area (Å²) in [5, 5.41) is 3.50. The molecule has 0 saturated heterocycles. The molecule has 0 bridgehead atoms. The van der Waals surface area contributed by atoms with E-state index >= 15 is 0 Å². The molecule has 2 nitrogen and oxygen atoms in total. The van der Waals surface area contributed by atoms with Crippen molar-refractivity contribution in [1.82, 2.24) is 5.32 Å². The zero-order valence-electron chi connectivity index (χ0n) is 13.2. The third-order valence-electron chi connectivity index (χ3n) is 3.39. The van der Waals surface area contributed by atoms with Crippen molar-refractivity contribution in [2.75, 3.05) is 6.54 Å². The second-order valence-electron chi connectivity index (χ2n) is 6.69. The van der Waals surface area contributed by atoms with Crippen LogP contribution in [0.4, 0.5) is 0 Å². The van der Waals surface area contributed by atoms with Gasteiger partial charge in [-0.25, -0.2) is 0 Å². The van der Waals surface area contributed by atoms with E-state index in [4.69, 9.17) is 4.74 Å². The van der Waals surface area contributed by atoms with Gasteiger partial charge in [0, 0.05) is 5.54 Å². The van der Waals surface area contributed by atoms with Gasteiger partial charge in [-0.1, -0.05) is 18.2 Å². The van der Waals surface area contributed by atoms with Crippen LogP contribution >= 0.6 is 0 Å². The summed E-state index contributed by atoms with van der Waals surface area (Å²) < 4.78 is 5.77. The number of ether oxygens (including phenoxy) is 1. The molecule has 1 aromatic rings. The molecule has 2 rings (SSSR count). The molecule has 0 aromatic heterocycles. The minimum Gasteiger partial charge on any atom is -0.490 e. The Balaban J connectivity index is 1.82. The number of nitrogens with one attached hydrogen (secondary N) is 1. The van der Waals surface area contributed by atoms with Crippen LogP contribution < -0.4 is 10.1 Å². The van der Waals surface area contributed by atoms with Crippen LogP contribution in [0.2, 0.25) is 0 Å². The quantitative estimate of drug-likeness (QED) is 0.775. The van der Waals surface area contributed by atoms with E-state index in [9.17, 15) is 0 Å². The maximum absolute atomic E-state index is 5.77. The smallest absolute Gasteiger partial charge is 0.119 e. The van der Waals surface area contributed by atoms with Crippen molar-refractivity contribution in [1.29, 1.82) is 0 Å². The molecule has 0 amide bonds. The fraction of sp³-hybridized carbons (Fsp3) is 0.556. The van der Waals surface area contributed by atoms with Crippen molar-refractivity contribution in [3.8, 4) is 5.75 Å². The van der Waals surface area contributed by atoms with E-state index in [0.29, 0.717) is 6.10 Å². The van der Waals surface area contributed by atoms with Gasteiger partial charge in [0.2, 0.25) is 0 Å². The fourth-order valence-electron chi connectivity index (χ4n) is 2.03. The van der Waals surface area contributed by atoms with Crippen molar-refractivity contribution in [3.05, 3.63) is 35.9 Å². The van der Waals surface area contributed by atoms with E-state index in [1.54, 1.807) is 0 Å². The van der Waals surface area contributed by atoms with Gasteiger partial charge in [0.1, 0.15) is 5.75 Å². The number of rotatable bonds is 6. The monoisotopic (exact) mass is 273 g/mol. The van der Waals surface area contributed by atoms with Crippen LogP contribution in [-0.2, 0) is 0 Å². The molecule has 0 radical (unpaired) electrons. The lowest BCUT2D eigenvalue weighted by molar-refractivity contribution is 0.303. The Bertz CT molecular complexity index is 449. The van der Waals surface area contributed by atoms with Crippen molar-refractivity contribution in [3.63, 3.8) is 0 Å². The SMILES string of the molecule is C/C(=C/CCNC(C)(C)C)c1ccc(OC2CC2)cc1. The molecule has 1 N–H and O–H groups in total. The van der Waals surface area contributed by atoms with Crippen LogP contribution in [0.25, 0.3) is 5.57 Å². The van der Waals surface area contributed by atoms with Crippen molar-refractivity contribution >= 4 is 5.57 Å². The summed E-state index contributed by atoms with van der Waals surface area (Å²) in [6, 6.07) is 8.47. The molecule has 2 heteroatoms. The molecule has 110 valence electrons. The molecular formula is C18H27NO. The molecular weight excluding hydrogens is 246 g/mol. The molecule has 20 heavy (non-hydrogen) atoms. The van der Waals surface area contributed by atoms with Gasteiger partial charge in [0.15, 0.2) is 0 Å². The first-order valence-electron chi connectivity index (χ1n) is 7.63. The molecule has 1 fully saturated rings. The van der Waals surface area contributed by atoms with Gasteiger partial charge >= 0.3 is 0 Å². The predicted octanol–water partition coefficient (Wildman–Crippen LogP) is 4.41. The van der Waals surface area contributed by atoms with Crippen molar-refractivity contribution in [2.45, 2.75) is 58.6 Å². The van der Waals surface area contributed by atoms with Gasteiger partial charge < -0.3 is 10.1 Å². The second kappa shape index (κ2) is 6.45. The van der Waals surface area contributed by atoms with Crippen LogP contribution in [0.1, 0.15) is 52.5 Å². The Morgan fingerprint density at radius 1 is 1.25 bits per heavy atom. The molecule has 0 aliphatic heterocycles. The summed E-state index contributed by atoms with van der Waals surface area (Å²) in [7, 11) is 0. The molecule has 1 aliphatic rings. The standard InChI is InChI=1S/C18H27NO/c1-14(6-5-13-19-18(2,3)4)15-7-9-16(10-8-15)20-17-11-12-17/h6-10,17,19H,5,11-13H2,1-4H3/b14-6-. The van der Waals surface area contributed by atoms with Gasteiger partial charge in [-0.3, -0.25) is 0 Å². The molecule has 1 aliphatic carbocycles. The normalized spacial score (nSPS) is 16.3. The maximum Gasteiger partial charge on any atom is 0.119 e. The van der Waals surface area contributed by atoms with Crippen LogP contribution in [0.3, 0.4) is 0 Å². The van der Waals surface area contributed by atoms with E-state index in [2.05, 4.69) is 63.4 Å². The average molecular weight is 273 g/mol. The Kier molecular flexibility index (Phi) is 4.87. The number of benzene rings is 1. The third kappa shape index (κ3) is 5.38. The summed E-state index contributed by atoms with van der Waals surface area (Å²) >= 11 is 0. The number of hydrogen-bond acceptors (Lipinski definition) is 2. The topological polar surface area (TPSA) is 21.3 Å². The lowest BCUT2D eigenvalue weighted by Crippen LogP contribution is -2.36. The highest BCUT2D eigenvalue weighted by atomic mass is 16.5. The van der Waals surface area contributed by atoms with E-state index in [1.165, 1.54) is 24.0 Å². The highest BCUT2D eigenvalue weighted by molar-refractivity contribution is 5.64. The zero-order valence-corrected chi connectivity index (χ0v) is 13.2. The van der Waals surface area contributed by atoms with Gasteiger partial charge in [0.25, 0.3) is 0 Å². The molecule has 1 aromatic carbocycles. The summed E-state index contributed by atoms with van der Waals surface area (Å²) in [5.41, 5.74) is 2.81. The van der Waals surface area contributed by atoms with Crippen molar-refractivity contribution < 1.29 is 4.74 Å². The van der Waals surface area contributed by atoms with Gasteiger partial charge in [-0.15, -0.1) is 0 Å². The largest absolute Gasteiger partial charge is 0.490 e. The molecule has 0 unspecified atom stereocenters. The first-order valence-corrected chi connectivity index (χ1v) is 7.63. The Labute approximate surface area is 123 Å². The number of allylic oxidation sites excluding steroid dienone is 1. The van der Waals surface area contributed by atoms with Gasteiger partial charge in [-0.05, 0) is 76.8 Å². The number of hydrogen-bond donors (Lipinski definition) is 1. The summed E-state index contributed by atoms with van der Waals surface area (Å²) in [5.74, 6) is 0.999. The molecule has 0 heterocycles. The predicted molar refractivity (Wildman–Crippen MR) is 86.1 cm³/mol. The van der Waals surface area contributed by atoms with E-state index < -0.39 is 0 Å². The Morgan fingerprint density at radius 2 is 1.90 bits per heavy atom. The summed E-state index contributed by atoms with van der Waals surface area (Å²) in [6.45, 7) is 9.78. The molecule has 0 atom stereocenters. The Hall–Kier alpha value is -1.28. The van der Waals surface area contributed by atoms with Crippen LogP contribution in [0, 0.1) is 0 Å². The zero-order chi connectivity index (χ0) is 14.6. The van der Waals surface area contributed by atoms with Crippen LogP contribution in [-0.4, -0.2) is 18.2 Å². The van der Waals surface area contributed by atoms with E-state index in [-0.39, 0.29) is 5.54 Å². The summed E-state index contributed by atoms with van der Waals surface area (Å²) in [4.78, 5) is 0. The van der Waals surface area contributed by atoms with E-state index in [0.717, 1.165) is 18.7 Å². The van der Waals surface area contributed by atoms with Crippen LogP contribution in [0.15, 0.2) is 30.3 Å². The van der Waals surface area contributed by atoms with Crippen molar-refractivity contribution in [2.24, 2.45) is 0 Å². The lowest BCUT2D eigenvalue weighted by Gasteiger charge is -2.19. The molecule has 1 saturated carbocycles. The highest BCUT2D eigenvalue weighted by Crippen LogP contribution is 2.27. The lowest BCUT2D eigenvalue weighted by atomic mass is 10.1. The third-order valence-corrected chi connectivity index (χ3v) is 3.39. The van der Waals surface area contributed by atoms with Crippen LogP contribution in [0.5, 0.6) is 5.75 Å². The average Bonchev–Trinajstić information content (AvgIpc) is 3.18. The Morgan fingerprint density at radius 3 is 2.45 bits per heavy atom. The maximum atomic E-state index is 5.77. The highest BCUT2D eigenvalue weighted by Gasteiger charge is 2.23. The molecule has 0 spiro atoms. The first-order chi connectivity index (χ1) is 9.44. The van der Waals surface area contributed by atoms with Gasteiger partial charge in [0.05, 0.1) is 6.10 Å². The minimum absolute atomic E-state index is 0.198. The van der Waals surface area contributed by atoms with E-state index in [1.807, 2.05) is 0 Å².